The number of aliphatic carboxylic acids is 1. The Morgan fingerprint density at radius 3 is 2.64 bits per heavy atom. The molecule has 6 nitrogen and oxygen atoms in total. The minimum absolute atomic E-state index is 0.356. The van der Waals surface area contributed by atoms with Crippen molar-refractivity contribution < 1.29 is 19.4 Å². The number of hydrogen-bond donors (Lipinski definition) is 2. The lowest BCUT2D eigenvalue weighted by Gasteiger charge is -2.25. The number of ether oxygens (including phenoxy) is 1. The van der Waals surface area contributed by atoms with E-state index in [0.717, 1.165) is 23.4 Å². The Morgan fingerprint density at radius 2 is 2.05 bits per heavy atom. The molecule has 1 aliphatic heterocycles. The van der Waals surface area contributed by atoms with Crippen molar-refractivity contribution in [1.82, 2.24) is 0 Å². The van der Waals surface area contributed by atoms with Crippen LogP contribution in [0, 0.1) is 0 Å². The Balaban J connectivity index is 2.13. The number of carbonyl (C=O) groups is 2. The third-order valence-corrected chi connectivity index (χ3v) is 3.34. The van der Waals surface area contributed by atoms with Crippen LogP contribution in [0.25, 0.3) is 0 Å². The molecule has 1 aromatic rings. The smallest absolute Gasteiger partial charge is 0.414 e. The van der Waals surface area contributed by atoms with Gasteiger partial charge in [-0.15, -0.1) is 0 Å². The van der Waals surface area contributed by atoms with E-state index in [0.29, 0.717) is 6.54 Å². The lowest BCUT2D eigenvalue weighted by molar-refractivity contribution is -0.137. The average molecular weight is 306 g/mol. The van der Waals surface area contributed by atoms with Gasteiger partial charge in [0.2, 0.25) is 0 Å². The zero-order valence-corrected chi connectivity index (χ0v) is 13.3. The number of benzene rings is 1. The highest BCUT2D eigenvalue weighted by Crippen LogP contribution is 2.31. The summed E-state index contributed by atoms with van der Waals surface area (Å²) in [5.74, 6) is -0.907. The van der Waals surface area contributed by atoms with Gasteiger partial charge in [-0.2, -0.15) is 0 Å². The van der Waals surface area contributed by atoms with Gasteiger partial charge in [-0.25, -0.2) is 4.79 Å². The summed E-state index contributed by atoms with van der Waals surface area (Å²) in [5.41, 5.74) is 2.04. The van der Waals surface area contributed by atoms with Crippen molar-refractivity contribution >= 4 is 23.4 Å². The summed E-state index contributed by atoms with van der Waals surface area (Å²) in [4.78, 5) is 24.7. The summed E-state index contributed by atoms with van der Waals surface area (Å²) in [6, 6.07) is 4.82. The van der Waals surface area contributed by atoms with Crippen LogP contribution >= 0.6 is 0 Å². The topological polar surface area (TPSA) is 78.9 Å². The van der Waals surface area contributed by atoms with Crippen LogP contribution in [0.5, 0.6) is 0 Å². The number of rotatable bonds is 3. The number of nitrogens with zero attached hydrogens (tertiary/aromatic N) is 1. The zero-order valence-electron chi connectivity index (χ0n) is 13.3. The maximum absolute atomic E-state index is 12.2. The number of amides is 1. The maximum atomic E-state index is 12.2. The molecule has 1 aromatic carbocycles. The van der Waals surface area contributed by atoms with Crippen LogP contribution in [0.3, 0.4) is 0 Å². The summed E-state index contributed by atoms with van der Waals surface area (Å²) >= 11 is 0. The maximum Gasteiger partial charge on any atom is 0.414 e. The lowest BCUT2D eigenvalue weighted by Crippen LogP contribution is -2.35. The Labute approximate surface area is 130 Å². The second-order valence-electron chi connectivity index (χ2n) is 6.43. The highest BCUT2D eigenvalue weighted by Gasteiger charge is 2.29. The van der Waals surface area contributed by atoms with E-state index in [4.69, 9.17) is 9.84 Å². The van der Waals surface area contributed by atoms with Crippen molar-refractivity contribution in [3.63, 3.8) is 0 Å². The van der Waals surface area contributed by atoms with Gasteiger partial charge in [0.25, 0.3) is 0 Å². The molecule has 1 unspecified atom stereocenters. The summed E-state index contributed by atoms with van der Waals surface area (Å²) in [7, 11) is 0. The Bertz CT molecular complexity index is 592. The fourth-order valence-electron chi connectivity index (χ4n) is 2.31. The molecule has 0 bridgehead atoms. The molecular formula is C16H22N2O4. The highest BCUT2D eigenvalue weighted by molar-refractivity contribution is 5.91. The monoisotopic (exact) mass is 306 g/mol. The van der Waals surface area contributed by atoms with Gasteiger partial charge in [-0.1, -0.05) is 0 Å². The fraction of sp³-hybridized carbons (Fsp3) is 0.500. The number of carboxylic acids is 1. The number of fused-ring (bicyclic) bond motifs is 1. The van der Waals surface area contributed by atoms with Crippen molar-refractivity contribution in [3.05, 3.63) is 23.8 Å². The summed E-state index contributed by atoms with van der Waals surface area (Å²) in [6.45, 7) is 7.66. The van der Waals surface area contributed by atoms with Crippen molar-refractivity contribution in [2.45, 2.75) is 45.8 Å². The molecule has 0 fully saturated rings. The van der Waals surface area contributed by atoms with Crippen molar-refractivity contribution in [3.8, 4) is 0 Å². The number of hydrogen-bond acceptors (Lipinski definition) is 4. The molecule has 0 aliphatic carbocycles. The molecule has 0 saturated heterocycles. The van der Waals surface area contributed by atoms with Gasteiger partial charge >= 0.3 is 12.1 Å². The molecule has 22 heavy (non-hydrogen) atoms. The van der Waals surface area contributed by atoms with Crippen molar-refractivity contribution in [2.24, 2.45) is 0 Å². The predicted molar refractivity (Wildman–Crippen MR) is 84.4 cm³/mol. The third kappa shape index (κ3) is 3.69. The minimum atomic E-state index is -0.907. The molecule has 0 saturated carbocycles. The van der Waals surface area contributed by atoms with Crippen LogP contribution in [-0.4, -0.2) is 35.4 Å². The van der Waals surface area contributed by atoms with E-state index >= 15 is 0 Å². The molecule has 0 aromatic heterocycles. The van der Waals surface area contributed by atoms with Crippen LogP contribution in [0.1, 0.15) is 33.3 Å². The molecule has 6 heteroatoms. The minimum Gasteiger partial charge on any atom is -0.480 e. The van der Waals surface area contributed by atoms with Gasteiger partial charge in [0, 0.05) is 12.2 Å². The molecule has 0 radical (unpaired) electrons. The Kier molecular flexibility index (Phi) is 4.30. The molecule has 2 rings (SSSR count). The highest BCUT2D eigenvalue weighted by atomic mass is 16.6. The first-order chi connectivity index (χ1) is 10.2. The molecule has 0 spiro atoms. The summed E-state index contributed by atoms with van der Waals surface area (Å²) in [5, 5.41) is 11.8. The van der Waals surface area contributed by atoms with E-state index in [-0.39, 0.29) is 6.09 Å². The Hall–Kier alpha value is -2.24. The van der Waals surface area contributed by atoms with E-state index in [1.54, 1.807) is 17.9 Å². The van der Waals surface area contributed by atoms with Gasteiger partial charge in [-0.3, -0.25) is 9.69 Å². The van der Waals surface area contributed by atoms with Crippen LogP contribution in [0.4, 0.5) is 16.2 Å². The van der Waals surface area contributed by atoms with E-state index in [1.165, 1.54) is 0 Å². The quantitative estimate of drug-likeness (QED) is 0.897. The number of nitrogens with one attached hydrogen (secondary N) is 1. The van der Waals surface area contributed by atoms with Crippen LogP contribution in [0.2, 0.25) is 0 Å². The fourth-order valence-corrected chi connectivity index (χ4v) is 2.31. The molecule has 1 aliphatic rings. The molecular weight excluding hydrogens is 284 g/mol. The number of anilines is 2. The predicted octanol–water partition coefficient (Wildman–Crippen LogP) is 2.87. The summed E-state index contributed by atoms with van der Waals surface area (Å²) in [6.07, 6.45) is 0.372. The van der Waals surface area contributed by atoms with Crippen LogP contribution in [-0.2, 0) is 16.0 Å². The van der Waals surface area contributed by atoms with Gasteiger partial charge in [-0.05, 0) is 57.9 Å². The van der Waals surface area contributed by atoms with E-state index in [9.17, 15) is 9.59 Å². The first-order valence-corrected chi connectivity index (χ1v) is 7.30. The molecule has 1 amide bonds. The van der Waals surface area contributed by atoms with Gasteiger partial charge in [0.05, 0.1) is 5.69 Å². The van der Waals surface area contributed by atoms with E-state index < -0.39 is 17.6 Å². The molecule has 1 heterocycles. The van der Waals surface area contributed by atoms with Crippen LogP contribution in [0.15, 0.2) is 18.2 Å². The van der Waals surface area contributed by atoms with Crippen LogP contribution < -0.4 is 10.2 Å². The lowest BCUT2D eigenvalue weighted by atomic mass is 10.1. The third-order valence-electron chi connectivity index (χ3n) is 3.34. The second kappa shape index (κ2) is 5.87. The van der Waals surface area contributed by atoms with Gasteiger partial charge in [0.15, 0.2) is 0 Å². The first-order valence-electron chi connectivity index (χ1n) is 7.30. The standard InChI is InChI=1S/C16H22N2O4/c1-10(14(19)20)17-12-5-6-13-11(9-12)7-8-18(13)15(21)22-16(2,3)4/h5-6,9-10,17H,7-8H2,1-4H3,(H,19,20). The second-order valence-corrected chi connectivity index (χ2v) is 6.43. The SMILES string of the molecule is CC(Nc1ccc2c(c1)CCN2C(=O)OC(C)(C)C)C(=O)O. The average Bonchev–Trinajstić information content (AvgIpc) is 2.79. The van der Waals surface area contributed by atoms with Gasteiger partial charge < -0.3 is 15.2 Å². The largest absolute Gasteiger partial charge is 0.480 e. The number of carbonyl (C=O) groups excluding carboxylic acids is 1. The number of carboxylic acid groups (broad SMARTS) is 1. The Morgan fingerprint density at radius 1 is 1.36 bits per heavy atom. The normalized spacial score (nSPS) is 15.2. The van der Waals surface area contributed by atoms with E-state index in [2.05, 4.69) is 5.32 Å². The van der Waals surface area contributed by atoms with Crippen molar-refractivity contribution in [2.75, 3.05) is 16.8 Å². The zero-order chi connectivity index (χ0) is 16.5. The summed E-state index contributed by atoms with van der Waals surface area (Å²) < 4.78 is 5.40. The van der Waals surface area contributed by atoms with Gasteiger partial charge in [0.1, 0.15) is 11.6 Å². The molecule has 1 atom stereocenters. The molecule has 120 valence electrons. The van der Waals surface area contributed by atoms with E-state index in [1.807, 2.05) is 32.9 Å². The van der Waals surface area contributed by atoms with Crippen molar-refractivity contribution in [1.29, 1.82) is 0 Å². The first kappa shape index (κ1) is 16.1. The molecule has 2 N–H and O–H groups in total.